The summed E-state index contributed by atoms with van der Waals surface area (Å²) in [6, 6.07) is 0. The van der Waals surface area contributed by atoms with Gasteiger partial charge in [0.15, 0.2) is 6.29 Å². The zero-order valence-electron chi connectivity index (χ0n) is 16.8. The van der Waals surface area contributed by atoms with Crippen molar-refractivity contribution in [1.29, 1.82) is 0 Å². The third-order valence-corrected chi connectivity index (χ3v) is 7.28. The van der Waals surface area contributed by atoms with Crippen LogP contribution in [0.1, 0.15) is 19.8 Å². The van der Waals surface area contributed by atoms with Gasteiger partial charge in [-0.2, -0.15) is 0 Å². The summed E-state index contributed by atoms with van der Waals surface area (Å²) in [5.41, 5.74) is -0.371. The second-order valence-electron chi connectivity index (χ2n) is 8.88. The van der Waals surface area contributed by atoms with Crippen molar-refractivity contribution in [3.63, 3.8) is 0 Å². The number of aliphatic hydroxyl groups is 5. The Bertz CT molecular complexity index is 721. The molecule has 4 aliphatic rings. The van der Waals surface area contributed by atoms with Gasteiger partial charge in [0.05, 0.1) is 19.1 Å². The maximum absolute atomic E-state index is 12.2. The van der Waals surface area contributed by atoms with E-state index in [2.05, 4.69) is 6.58 Å². The first-order valence-corrected chi connectivity index (χ1v) is 10.4. The van der Waals surface area contributed by atoms with Crippen LogP contribution in [-0.2, 0) is 19.0 Å². The highest BCUT2D eigenvalue weighted by Gasteiger charge is 2.58. The maximum Gasteiger partial charge on any atom is 0.309 e. The number of esters is 1. The number of ether oxygens (including phenoxy) is 3. The molecule has 168 valence electrons. The minimum atomic E-state index is -1.58. The Kier molecular flexibility index (Phi) is 5.82. The molecule has 2 heterocycles. The van der Waals surface area contributed by atoms with Gasteiger partial charge < -0.3 is 39.7 Å². The van der Waals surface area contributed by atoms with Gasteiger partial charge in [-0.3, -0.25) is 4.79 Å². The fourth-order valence-electron chi connectivity index (χ4n) is 5.44. The molecule has 0 aromatic rings. The zero-order chi connectivity index (χ0) is 21.8. The average Bonchev–Trinajstić information content (AvgIpc) is 3.21. The summed E-state index contributed by atoms with van der Waals surface area (Å²) in [6.45, 7) is 4.94. The molecule has 1 saturated carbocycles. The minimum Gasteiger partial charge on any atom is -0.461 e. The summed E-state index contributed by atoms with van der Waals surface area (Å²) in [7, 11) is 0. The predicted octanol–water partition coefficient (Wildman–Crippen LogP) is -1.14. The Morgan fingerprint density at radius 1 is 1.23 bits per heavy atom. The molecule has 0 aromatic heterocycles. The van der Waals surface area contributed by atoms with Crippen molar-refractivity contribution in [2.45, 2.75) is 62.2 Å². The van der Waals surface area contributed by atoms with Crippen LogP contribution in [0, 0.1) is 23.7 Å². The molecule has 30 heavy (non-hydrogen) atoms. The van der Waals surface area contributed by atoms with Crippen LogP contribution >= 0.6 is 0 Å². The molecular weight excluding hydrogens is 396 g/mol. The van der Waals surface area contributed by atoms with E-state index in [1.165, 1.54) is 0 Å². The summed E-state index contributed by atoms with van der Waals surface area (Å²) in [5.74, 6) is -1.35. The molecule has 5 N–H and O–H groups in total. The van der Waals surface area contributed by atoms with Crippen molar-refractivity contribution in [3.8, 4) is 0 Å². The lowest BCUT2D eigenvalue weighted by atomic mass is 9.76. The molecule has 2 aliphatic heterocycles. The molecule has 0 bridgehead atoms. The molecule has 2 aliphatic carbocycles. The van der Waals surface area contributed by atoms with Crippen LogP contribution in [0.2, 0.25) is 0 Å². The first-order chi connectivity index (χ1) is 14.2. The minimum absolute atomic E-state index is 0.202. The van der Waals surface area contributed by atoms with E-state index in [4.69, 9.17) is 14.2 Å². The third-order valence-electron chi connectivity index (χ3n) is 7.28. The molecule has 2 saturated heterocycles. The standard InChI is InChI=1S/C21H30O9/c1-9-3-4-12-14(9)18-11(10(2)19(27)29-18)5-6-21(12,8-23)30-20-17(26)16(25)15(24)13(7-22)28-20/h5-6,10-18,20,22-26H,1,3-4,7-8H2,2H3/t10-,11+,12+,13+,14-,15+,16-,17+,18-,20-,21+/m0/s1. The zero-order valence-corrected chi connectivity index (χ0v) is 16.8. The van der Waals surface area contributed by atoms with Gasteiger partial charge >= 0.3 is 5.97 Å². The van der Waals surface area contributed by atoms with Gasteiger partial charge in [0, 0.05) is 17.8 Å². The smallest absolute Gasteiger partial charge is 0.309 e. The normalized spacial score (nSPS) is 50.7. The van der Waals surface area contributed by atoms with E-state index in [1.807, 2.05) is 6.08 Å². The monoisotopic (exact) mass is 426 g/mol. The number of carbonyl (C=O) groups is 1. The number of aliphatic hydroxyl groups excluding tert-OH is 5. The highest BCUT2D eigenvalue weighted by atomic mass is 16.7. The van der Waals surface area contributed by atoms with Gasteiger partial charge in [0.2, 0.25) is 0 Å². The molecule has 11 atom stereocenters. The average molecular weight is 426 g/mol. The van der Waals surface area contributed by atoms with E-state index in [1.54, 1.807) is 13.0 Å². The quantitative estimate of drug-likeness (QED) is 0.278. The highest BCUT2D eigenvalue weighted by molar-refractivity contribution is 5.75. The van der Waals surface area contributed by atoms with Crippen LogP contribution in [0.15, 0.2) is 24.3 Å². The second kappa shape index (κ2) is 7.98. The Morgan fingerprint density at radius 2 is 1.97 bits per heavy atom. The van der Waals surface area contributed by atoms with Crippen molar-refractivity contribution >= 4 is 5.97 Å². The van der Waals surface area contributed by atoms with E-state index < -0.39 is 55.6 Å². The molecule has 4 rings (SSSR count). The predicted molar refractivity (Wildman–Crippen MR) is 102 cm³/mol. The highest BCUT2D eigenvalue weighted by Crippen LogP contribution is 2.53. The Labute approximate surface area is 174 Å². The molecule has 9 nitrogen and oxygen atoms in total. The summed E-state index contributed by atoms with van der Waals surface area (Å²) in [4.78, 5) is 12.2. The van der Waals surface area contributed by atoms with Gasteiger partial charge in [-0.25, -0.2) is 0 Å². The summed E-state index contributed by atoms with van der Waals surface area (Å²) in [5, 5.41) is 50.4. The Balaban J connectivity index is 1.68. The molecule has 0 radical (unpaired) electrons. The van der Waals surface area contributed by atoms with Gasteiger partial charge in [-0.1, -0.05) is 31.2 Å². The van der Waals surface area contributed by atoms with Crippen molar-refractivity contribution in [2.24, 2.45) is 23.7 Å². The first-order valence-electron chi connectivity index (χ1n) is 10.4. The van der Waals surface area contributed by atoms with Crippen LogP contribution in [0.3, 0.4) is 0 Å². The molecular formula is C21H30O9. The van der Waals surface area contributed by atoms with Gasteiger partial charge in [0.25, 0.3) is 0 Å². The topological polar surface area (TPSA) is 146 Å². The van der Waals surface area contributed by atoms with Crippen LogP contribution in [-0.4, -0.2) is 87.1 Å². The number of hydrogen-bond donors (Lipinski definition) is 5. The fraction of sp³-hybridized carbons (Fsp3) is 0.762. The van der Waals surface area contributed by atoms with Crippen molar-refractivity contribution < 1.29 is 44.5 Å². The van der Waals surface area contributed by atoms with Crippen LogP contribution in [0.5, 0.6) is 0 Å². The molecule has 0 aromatic carbocycles. The van der Waals surface area contributed by atoms with Gasteiger partial charge in [0.1, 0.15) is 36.1 Å². The van der Waals surface area contributed by atoms with Crippen LogP contribution < -0.4 is 0 Å². The molecule has 0 spiro atoms. The van der Waals surface area contributed by atoms with Crippen molar-refractivity contribution in [2.75, 3.05) is 13.2 Å². The lowest BCUT2D eigenvalue weighted by Gasteiger charge is -2.45. The number of rotatable bonds is 4. The maximum atomic E-state index is 12.2. The van der Waals surface area contributed by atoms with Gasteiger partial charge in [-0.15, -0.1) is 0 Å². The largest absolute Gasteiger partial charge is 0.461 e. The fourth-order valence-corrected chi connectivity index (χ4v) is 5.44. The first kappa shape index (κ1) is 21.9. The second-order valence-corrected chi connectivity index (χ2v) is 8.88. The number of hydrogen-bond acceptors (Lipinski definition) is 9. The number of carbonyl (C=O) groups excluding carboxylic acids is 1. The van der Waals surface area contributed by atoms with E-state index in [0.717, 1.165) is 5.57 Å². The Morgan fingerprint density at radius 3 is 2.63 bits per heavy atom. The molecule has 0 unspecified atom stereocenters. The lowest BCUT2D eigenvalue weighted by molar-refractivity contribution is -0.330. The van der Waals surface area contributed by atoms with Crippen molar-refractivity contribution in [1.82, 2.24) is 0 Å². The number of fused-ring (bicyclic) bond motifs is 3. The third kappa shape index (κ3) is 3.24. The van der Waals surface area contributed by atoms with E-state index in [9.17, 15) is 30.3 Å². The van der Waals surface area contributed by atoms with E-state index in [-0.39, 0.29) is 29.6 Å². The molecule has 3 fully saturated rings. The van der Waals surface area contributed by atoms with E-state index >= 15 is 0 Å². The summed E-state index contributed by atoms with van der Waals surface area (Å²) >= 11 is 0. The Hall–Kier alpha value is -1.33. The van der Waals surface area contributed by atoms with Gasteiger partial charge in [-0.05, 0) is 12.8 Å². The SMILES string of the molecule is C=C1CC[C@@H]2[C@H]1[C@H]1OC(=O)[C@@H](C)[C@H]1C=C[C@]2(CO)O[C@@H]1O[C@H](CO)[C@@H](O)[C@H](O)[C@H]1O. The molecule has 0 amide bonds. The lowest BCUT2D eigenvalue weighted by Crippen LogP contribution is -2.62. The summed E-state index contributed by atoms with van der Waals surface area (Å²) in [6.07, 6.45) is -2.76. The molecule has 9 heteroatoms. The van der Waals surface area contributed by atoms with Crippen LogP contribution in [0.25, 0.3) is 0 Å². The summed E-state index contributed by atoms with van der Waals surface area (Å²) < 4.78 is 17.3. The van der Waals surface area contributed by atoms with E-state index in [0.29, 0.717) is 12.8 Å². The van der Waals surface area contributed by atoms with Crippen LogP contribution in [0.4, 0.5) is 0 Å². The van der Waals surface area contributed by atoms with Crippen molar-refractivity contribution in [3.05, 3.63) is 24.3 Å².